The highest BCUT2D eigenvalue weighted by Gasteiger charge is 2.18. The van der Waals surface area contributed by atoms with Crippen LogP contribution in [0.3, 0.4) is 0 Å². The van der Waals surface area contributed by atoms with E-state index in [1.54, 1.807) is 12.4 Å². The zero-order valence-electron chi connectivity index (χ0n) is 17.3. The first-order valence-electron chi connectivity index (χ1n) is 10.6. The van der Waals surface area contributed by atoms with Gasteiger partial charge in [0.05, 0.1) is 17.4 Å². The molecule has 1 fully saturated rings. The Bertz CT molecular complexity index is 1160. The Balaban J connectivity index is 1.19. The van der Waals surface area contributed by atoms with E-state index in [1.807, 2.05) is 24.3 Å². The average Bonchev–Trinajstić information content (AvgIpc) is 3.30. The smallest absolute Gasteiger partial charge is 0.257 e. The van der Waals surface area contributed by atoms with Crippen molar-refractivity contribution in [3.63, 3.8) is 0 Å². The van der Waals surface area contributed by atoms with Crippen molar-refractivity contribution in [1.82, 2.24) is 14.9 Å². The number of carbonyl (C=O) groups excluding carboxylic acids is 1. The van der Waals surface area contributed by atoms with E-state index in [2.05, 4.69) is 67.5 Å². The summed E-state index contributed by atoms with van der Waals surface area (Å²) in [6.07, 6.45) is 1.61. The lowest BCUT2D eigenvalue weighted by atomic mass is 10.1. The van der Waals surface area contributed by atoms with Crippen molar-refractivity contribution >= 4 is 28.3 Å². The number of aromatic amines is 1. The van der Waals surface area contributed by atoms with Gasteiger partial charge < -0.3 is 15.2 Å². The Labute approximate surface area is 181 Å². The van der Waals surface area contributed by atoms with Crippen molar-refractivity contribution in [2.24, 2.45) is 0 Å². The maximum Gasteiger partial charge on any atom is 0.257 e. The second kappa shape index (κ2) is 8.62. The summed E-state index contributed by atoms with van der Waals surface area (Å²) in [7, 11) is 0. The second-order valence-electron chi connectivity index (χ2n) is 7.85. The molecular formula is C25H25N5O. The number of nitrogens with zero attached hydrogens (tertiary/aromatic N) is 3. The Hall–Kier alpha value is -3.64. The topological polar surface area (TPSA) is 64.3 Å². The van der Waals surface area contributed by atoms with Gasteiger partial charge in [0.1, 0.15) is 5.52 Å². The number of aromatic nitrogens is 2. The SMILES string of the molecule is O=C(Nc1ccc(N2CCN(Cc3ccccc3)CC2)cc1)c1cccc2[nH]cnc12. The fraction of sp³-hybridized carbons (Fsp3) is 0.200. The number of hydrogen-bond donors (Lipinski definition) is 2. The van der Waals surface area contributed by atoms with Crippen LogP contribution in [0.1, 0.15) is 15.9 Å². The van der Waals surface area contributed by atoms with Crippen molar-refractivity contribution < 1.29 is 4.79 Å². The van der Waals surface area contributed by atoms with Gasteiger partial charge in [0.2, 0.25) is 0 Å². The van der Waals surface area contributed by atoms with Crippen molar-refractivity contribution in [1.29, 1.82) is 0 Å². The number of fused-ring (bicyclic) bond motifs is 1. The molecule has 0 bridgehead atoms. The highest BCUT2D eigenvalue weighted by molar-refractivity contribution is 6.11. The molecule has 156 valence electrons. The van der Waals surface area contributed by atoms with Crippen LogP contribution in [0.2, 0.25) is 0 Å². The molecular weight excluding hydrogens is 386 g/mol. The van der Waals surface area contributed by atoms with Gasteiger partial charge in [-0.15, -0.1) is 0 Å². The number of hydrogen-bond acceptors (Lipinski definition) is 4. The van der Waals surface area contributed by atoms with Crippen LogP contribution in [0.15, 0.2) is 79.1 Å². The Kier molecular flexibility index (Phi) is 5.37. The predicted octanol–water partition coefficient (Wildman–Crippen LogP) is 4.14. The molecule has 1 aliphatic heterocycles. The third-order valence-electron chi connectivity index (χ3n) is 5.81. The fourth-order valence-corrected chi connectivity index (χ4v) is 4.11. The van der Waals surface area contributed by atoms with Crippen LogP contribution >= 0.6 is 0 Å². The zero-order chi connectivity index (χ0) is 21.0. The van der Waals surface area contributed by atoms with E-state index in [0.717, 1.165) is 43.9 Å². The molecule has 1 aliphatic rings. The lowest BCUT2D eigenvalue weighted by Gasteiger charge is -2.36. The number of rotatable bonds is 5. The lowest BCUT2D eigenvalue weighted by Crippen LogP contribution is -2.45. The molecule has 31 heavy (non-hydrogen) atoms. The van der Waals surface area contributed by atoms with Gasteiger partial charge in [-0.2, -0.15) is 0 Å². The first-order chi connectivity index (χ1) is 15.3. The van der Waals surface area contributed by atoms with Crippen LogP contribution in [-0.4, -0.2) is 47.0 Å². The van der Waals surface area contributed by atoms with Crippen LogP contribution < -0.4 is 10.2 Å². The maximum atomic E-state index is 12.7. The molecule has 0 saturated carbocycles. The Morgan fingerprint density at radius 3 is 2.45 bits per heavy atom. The molecule has 0 atom stereocenters. The van der Waals surface area contributed by atoms with Crippen molar-refractivity contribution in [3.05, 3.63) is 90.3 Å². The molecule has 1 amide bonds. The molecule has 2 N–H and O–H groups in total. The minimum absolute atomic E-state index is 0.153. The van der Waals surface area contributed by atoms with E-state index in [0.29, 0.717) is 11.1 Å². The van der Waals surface area contributed by atoms with Gasteiger partial charge in [-0.1, -0.05) is 36.4 Å². The average molecular weight is 412 g/mol. The molecule has 1 aromatic heterocycles. The number of nitrogens with one attached hydrogen (secondary N) is 2. The Morgan fingerprint density at radius 1 is 0.903 bits per heavy atom. The third kappa shape index (κ3) is 4.29. The molecule has 0 radical (unpaired) electrons. The summed E-state index contributed by atoms with van der Waals surface area (Å²) in [5, 5.41) is 2.99. The molecule has 5 rings (SSSR count). The number of piperazine rings is 1. The number of H-pyrrole nitrogens is 1. The van der Waals surface area contributed by atoms with E-state index >= 15 is 0 Å². The van der Waals surface area contributed by atoms with Crippen molar-refractivity contribution in [2.75, 3.05) is 36.4 Å². The molecule has 1 saturated heterocycles. The molecule has 0 aliphatic carbocycles. The molecule has 6 nitrogen and oxygen atoms in total. The monoisotopic (exact) mass is 411 g/mol. The van der Waals surface area contributed by atoms with E-state index in [4.69, 9.17) is 0 Å². The highest BCUT2D eigenvalue weighted by Crippen LogP contribution is 2.22. The van der Waals surface area contributed by atoms with Gasteiger partial charge >= 0.3 is 0 Å². The van der Waals surface area contributed by atoms with Crippen molar-refractivity contribution in [2.45, 2.75) is 6.54 Å². The maximum absolute atomic E-state index is 12.7. The quantitative estimate of drug-likeness (QED) is 0.518. The number of anilines is 2. The molecule has 6 heteroatoms. The number of imidazole rings is 1. The van der Waals surface area contributed by atoms with Crippen LogP contribution in [-0.2, 0) is 6.54 Å². The lowest BCUT2D eigenvalue weighted by molar-refractivity contribution is 0.102. The van der Waals surface area contributed by atoms with Gasteiger partial charge in [0.25, 0.3) is 5.91 Å². The number of para-hydroxylation sites is 1. The van der Waals surface area contributed by atoms with Crippen LogP contribution in [0, 0.1) is 0 Å². The first-order valence-corrected chi connectivity index (χ1v) is 10.6. The van der Waals surface area contributed by atoms with Crippen LogP contribution in [0.25, 0.3) is 11.0 Å². The number of amides is 1. The van der Waals surface area contributed by atoms with Gasteiger partial charge in [0, 0.05) is 44.1 Å². The molecule has 3 aromatic carbocycles. The Morgan fingerprint density at radius 2 is 1.68 bits per heavy atom. The molecule has 0 spiro atoms. The van der Waals surface area contributed by atoms with Gasteiger partial charge in [-0.05, 0) is 42.0 Å². The molecule has 0 unspecified atom stereocenters. The largest absolute Gasteiger partial charge is 0.369 e. The van der Waals surface area contributed by atoms with Crippen LogP contribution in [0.4, 0.5) is 11.4 Å². The summed E-state index contributed by atoms with van der Waals surface area (Å²) in [5.41, 5.74) is 5.44. The second-order valence-corrected chi connectivity index (χ2v) is 7.85. The third-order valence-corrected chi connectivity index (χ3v) is 5.81. The van der Waals surface area contributed by atoms with Gasteiger partial charge in [0.15, 0.2) is 0 Å². The van der Waals surface area contributed by atoms with E-state index in [1.165, 1.54) is 11.3 Å². The summed E-state index contributed by atoms with van der Waals surface area (Å²) in [6, 6.07) is 24.3. The van der Waals surface area contributed by atoms with E-state index in [9.17, 15) is 4.79 Å². The zero-order valence-corrected chi connectivity index (χ0v) is 17.3. The fourth-order valence-electron chi connectivity index (χ4n) is 4.11. The summed E-state index contributed by atoms with van der Waals surface area (Å²) < 4.78 is 0. The molecule has 4 aromatic rings. The predicted molar refractivity (Wildman–Crippen MR) is 124 cm³/mol. The summed E-state index contributed by atoms with van der Waals surface area (Å²) in [4.78, 5) is 24.9. The van der Waals surface area contributed by atoms with Crippen molar-refractivity contribution in [3.8, 4) is 0 Å². The summed E-state index contributed by atoms with van der Waals surface area (Å²) in [6.45, 7) is 5.09. The summed E-state index contributed by atoms with van der Waals surface area (Å²) >= 11 is 0. The minimum atomic E-state index is -0.153. The number of benzene rings is 3. The minimum Gasteiger partial charge on any atom is -0.369 e. The summed E-state index contributed by atoms with van der Waals surface area (Å²) in [5.74, 6) is -0.153. The van der Waals surface area contributed by atoms with E-state index < -0.39 is 0 Å². The van der Waals surface area contributed by atoms with Gasteiger partial charge in [-0.25, -0.2) is 4.98 Å². The first kappa shape index (κ1) is 19.3. The highest BCUT2D eigenvalue weighted by atomic mass is 16.1. The normalized spacial score (nSPS) is 14.6. The number of carbonyl (C=O) groups is 1. The standard InChI is InChI=1S/C25H25N5O/c31-25(22-7-4-8-23-24(22)27-18-26-23)28-20-9-11-21(12-10-20)30-15-13-29(14-16-30)17-19-5-2-1-3-6-19/h1-12,18H,13-17H2,(H,26,27)(H,28,31). The molecule has 2 heterocycles. The van der Waals surface area contributed by atoms with Crippen LogP contribution in [0.5, 0.6) is 0 Å². The van der Waals surface area contributed by atoms with E-state index in [-0.39, 0.29) is 5.91 Å². The van der Waals surface area contributed by atoms with Gasteiger partial charge in [-0.3, -0.25) is 9.69 Å².